The number of fused-ring (bicyclic) bond motifs is 6. The molecule has 0 amide bonds. The summed E-state index contributed by atoms with van der Waals surface area (Å²) in [6, 6.07) is 67.9. The van der Waals surface area contributed by atoms with Gasteiger partial charge < -0.3 is 8.98 Å². The highest BCUT2D eigenvalue weighted by molar-refractivity contribution is 6.11. The van der Waals surface area contributed by atoms with Gasteiger partial charge in [0.2, 0.25) is 0 Å². The van der Waals surface area contributed by atoms with E-state index in [0.717, 1.165) is 72.0 Å². The molecule has 0 aliphatic carbocycles. The fourth-order valence-corrected chi connectivity index (χ4v) is 8.15. The van der Waals surface area contributed by atoms with E-state index >= 15 is 0 Å². The highest BCUT2D eigenvalue weighted by Crippen LogP contribution is 2.38. The molecule has 0 N–H and O–H groups in total. The van der Waals surface area contributed by atoms with Gasteiger partial charge in [-0.15, -0.1) is 0 Å². The van der Waals surface area contributed by atoms with E-state index in [9.17, 15) is 0 Å². The van der Waals surface area contributed by atoms with Gasteiger partial charge in [0.25, 0.3) is 0 Å². The van der Waals surface area contributed by atoms with Crippen LogP contribution < -0.4 is 0 Å². The lowest BCUT2D eigenvalue weighted by Gasteiger charge is -2.15. The molecule has 57 heavy (non-hydrogen) atoms. The van der Waals surface area contributed by atoms with Gasteiger partial charge in [0.1, 0.15) is 17.0 Å². The van der Waals surface area contributed by atoms with Gasteiger partial charge in [0.05, 0.1) is 11.0 Å². The van der Waals surface area contributed by atoms with Gasteiger partial charge in [0, 0.05) is 44.8 Å². The third-order valence-corrected chi connectivity index (χ3v) is 10.9. The summed E-state index contributed by atoms with van der Waals surface area (Å²) >= 11 is 0. The van der Waals surface area contributed by atoms with Crippen molar-refractivity contribution in [2.24, 2.45) is 0 Å². The molecule has 0 saturated heterocycles. The van der Waals surface area contributed by atoms with E-state index in [1.807, 2.05) is 36.4 Å². The molecule has 0 unspecified atom stereocenters. The van der Waals surface area contributed by atoms with E-state index in [-0.39, 0.29) is 0 Å². The SMILES string of the molecule is c1ccc(-c2ccc(-c3nc(Cc4ccccc4-n4c5ccccc5c5ccc(-c6ccc7c(c6)oc6ccccc67)cc54)nc(-c4ccccc4)n3)cc2)cc1. The molecule has 8 aromatic carbocycles. The minimum absolute atomic E-state index is 0.518. The van der Waals surface area contributed by atoms with Crippen LogP contribution in [0.2, 0.25) is 0 Å². The molecule has 3 aromatic heterocycles. The summed E-state index contributed by atoms with van der Waals surface area (Å²) in [5.74, 6) is 2.01. The van der Waals surface area contributed by atoms with Crippen LogP contribution >= 0.6 is 0 Å². The number of aromatic nitrogens is 4. The zero-order chi connectivity index (χ0) is 37.7. The summed E-state index contributed by atoms with van der Waals surface area (Å²) in [4.78, 5) is 15.2. The molecule has 0 atom stereocenters. The Morgan fingerprint density at radius 2 is 0.895 bits per heavy atom. The van der Waals surface area contributed by atoms with Gasteiger partial charge in [-0.1, -0.05) is 158 Å². The molecule has 0 radical (unpaired) electrons. The van der Waals surface area contributed by atoms with Crippen LogP contribution in [0.5, 0.6) is 0 Å². The number of para-hydroxylation sites is 3. The maximum atomic E-state index is 6.29. The van der Waals surface area contributed by atoms with Gasteiger partial charge in [-0.25, -0.2) is 15.0 Å². The van der Waals surface area contributed by atoms with Crippen molar-refractivity contribution in [3.05, 3.63) is 206 Å². The minimum Gasteiger partial charge on any atom is -0.456 e. The normalized spacial score (nSPS) is 11.6. The molecule has 11 rings (SSSR count). The van der Waals surface area contributed by atoms with Crippen LogP contribution in [0.4, 0.5) is 0 Å². The number of benzene rings is 8. The molecular weight excluding hydrogens is 697 g/mol. The fourth-order valence-electron chi connectivity index (χ4n) is 8.15. The Balaban J connectivity index is 1.03. The largest absolute Gasteiger partial charge is 0.456 e. The molecule has 0 saturated carbocycles. The summed E-state index contributed by atoms with van der Waals surface area (Å²) < 4.78 is 8.69. The number of hydrogen-bond acceptors (Lipinski definition) is 4. The zero-order valence-corrected chi connectivity index (χ0v) is 30.9. The molecule has 3 heterocycles. The predicted molar refractivity (Wildman–Crippen MR) is 232 cm³/mol. The van der Waals surface area contributed by atoms with Crippen LogP contribution in [0.25, 0.3) is 94.5 Å². The van der Waals surface area contributed by atoms with Gasteiger partial charge in [0.15, 0.2) is 11.6 Å². The van der Waals surface area contributed by atoms with E-state index in [0.29, 0.717) is 23.9 Å². The smallest absolute Gasteiger partial charge is 0.163 e. The summed E-state index contributed by atoms with van der Waals surface area (Å²) in [5, 5.41) is 4.66. The highest BCUT2D eigenvalue weighted by Gasteiger charge is 2.18. The van der Waals surface area contributed by atoms with Crippen molar-refractivity contribution in [1.82, 2.24) is 19.5 Å². The second-order valence-corrected chi connectivity index (χ2v) is 14.4. The van der Waals surface area contributed by atoms with Gasteiger partial charge >= 0.3 is 0 Å². The first-order valence-electron chi connectivity index (χ1n) is 19.2. The van der Waals surface area contributed by atoms with Crippen LogP contribution in [0.15, 0.2) is 199 Å². The summed E-state index contributed by atoms with van der Waals surface area (Å²) in [5.41, 5.74) is 12.7. The standard InChI is InChI=1S/C52H34N4O/c1-3-13-34(14-4-1)35-23-25-37(26-24-35)52-54-50(53-51(55-52)36-15-5-2-6-16-36)33-40-17-7-10-20-45(40)56-46-21-11-8-18-41(46)42-29-27-38(31-47(42)56)39-28-30-44-43-19-9-12-22-48(43)57-49(44)32-39/h1-32H,33H2. The van der Waals surface area contributed by atoms with E-state index in [1.54, 1.807) is 0 Å². The first-order valence-corrected chi connectivity index (χ1v) is 19.2. The van der Waals surface area contributed by atoms with E-state index in [4.69, 9.17) is 19.4 Å². The van der Waals surface area contributed by atoms with E-state index in [2.05, 4.69) is 162 Å². The first-order chi connectivity index (χ1) is 28.2. The van der Waals surface area contributed by atoms with Crippen molar-refractivity contribution in [2.45, 2.75) is 6.42 Å². The van der Waals surface area contributed by atoms with Crippen LogP contribution in [0.1, 0.15) is 11.4 Å². The van der Waals surface area contributed by atoms with Crippen molar-refractivity contribution in [3.63, 3.8) is 0 Å². The zero-order valence-electron chi connectivity index (χ0n) is 30.9. The van der Waals surface area contributed by atoms with Crippen LogP contribution in [0, 0.1) is 0 Å². The number of rotatable bonds is 7. The summed E-state index contributed by atoms with van der Waals surface area (Å²) in [7, 11) is 0. The fraction of sp³-hybridized carbons (Fsp3) is 0.0192. The average Bonchev–Trinajstić information content (AvgIpc) is 3.82. The van der Waals surface area contributed by atoms with Crippen LogP contribution in [-0.2, 0) is 6.42 Å². The minimum atomic E-state index is 0.518. The van der Waals surface area contributed by atoms with Crippen molar-refractivity contribution in [1.29, 1.82) is 0 Å². The lowest BCUT2D eigenvalue weighted by Crippen LogP contribution is -2.06. The van der Waals surface area contributed by atoms with Gasteiger partial charge in [-0.05, 0) is 64.2 Å². The Kier molecular flexibility index (Phi) is 7.81. The lowest BCUT2D eigenvalue weighted by molar-refractivity contribution is 0.669. The molecule has 5 nitrogen and oxygen atoms in total. The average molecular weight is 731 g/mol. The summed E-state index contributed by atoms with van der Waals surface area (Å²) in [6.07, 6.45) is 0.518. The number of nitrogens with zero attached hydrogens (tertiary/aromatic N) is 4. The molecule has 0 aliphatic rings. The molecule has 0 spiro atoms. The third kappa shape index (κ3) is 5.85. The lowest BCUT2D eigenvalue weighted by atomic mass is 10.0. The predicted octanol–water partition coefficient (Wildman–Crippen LogP) is 13.1. The molecule has 0 aliphatic heterocycles. The Labute approximate surface area is 329 Å². The molecule has 268 valence electrons. The van der Waals surface area contributed by atoms with E-state index < -0.39 is 0 Å². The van der Waals surface area contributed by atoms with E-state index in [1.165, 1.54) is 16.3 Å². The Morgan fingerprint density at radius 3 is 1.68 bits per heavy atom. The number of hydrogen-bond donors (Lipinski definition) is 0. The van der Waals surface area contributed by atoms with Crippen molar-refractivity contribution in [3.8, 4) is 50.7 Å². The van der Waals surface area contributed by atoms with Crippen molar-refractivity contribution in [2.75, 3.05) is 0 Å². The van der Waals surface area contributed by atoms with Gasteiger partial charge in [-0.3, -0.25) is 0 Å². The van der Waals surface area contributed by atoms with Crippen LogP contribution in [0.3, 0.4) is 0 Å². The van der Waals surface area contributed by atoms with Crippen molar-refractivity contribution >= 4 is 43.7 Å². The molecule has 0 fully saturated rings. The van der Waals surface area contributed by atoms with Crippen LogP contribution in [-0.4, -0.2) is 19.5 Å². The molecule has 5 heteroatoms. The number of furan rings is 1. The van der Waals surface area contributed by atoms with Crippen molar-refractivity contribution < 1.29 is 4.42 Å². The molecular formula is C52H34N4O. The topological polar surface area (TPSA) is 56.7 Å². The third-order valence-electron chi connectivity index (χ3n) is 10.9. The Morgan fingerprint density at radius 1 is 0.368 bits per heavy atom. The Hall–Kier alpha value is -7.63. The second-order valence-electron chi connectivity index (χ2n) is 14.4. The highest BCUT2D eigenvalue weighted by atomic mass is 16.3. The Bertz CT molecular complexity index is 3260. The molecule has 11 aromatic rings. The second kappa shape index (κ2) is 13.6. The monoisotopic (exact) mass is 730 g/mol. The van der Waals surface area contributed by atoms with Gasteiger partial charge in [-0.2, -0.15) is 0 Å². The maximum absolute atomic E-state index is 6.29. The quantitative estimate of drug-likeness (QED) is 0.164. The maximum Gasteiger partial charge on any atom is 0.163 e. The molecule has 0 bridgehead atoms. The summed E-state index contributed by atoms with van der Waals surface area (Å²) in [6.45, 7) is 0. The first kappa shape index (κ1) is 32.8.